The lowest BCUT2D eigenvalue weighted by Crippen LogP contribution is -2.10. The Bertz CT molecular complexity index is 2540. The van der Waals surface area contributed by atoms with Gasteiger partial charge >= 0.3 is 0 Å². The molecule has 0 unspecified atom stereocenters. The molecule has 0 fully saturated rings. The highest BCUT2D eigenvalue weighted by atomic mass is 16.3. The molecule has 0 spiro atoms. The number of benzene rings is 7. The van der Waals surface area contributed by atoms with Crippen molar-refractivity contribution in [1.82, 2.24) is 4.98 Å². The lowest BCUT2D eigenvalue weighted by molar-refractivity contribution is 0.672. The van der Waals surface area contributed by atoms with Crippen LogP contribution in [0.2, 0.25) is 0 Å². The van der Waals surface area contributed by atoms with Crippen molar-refractivity contribution in [2.24, 2.45) is 0 Å². The number of hydrogen-bond acceptors (Lipinski definition) is 3. The van der Waals surface area contributed by atoms with E-state index in [-0.39, 0.29) is 0 Å². The first-order valence-electron chi connectivity index (χ1n) is 15.5. The van der Waals surface area contributed by atoms with Gasteiger partial charge in [-0.25, -0.2) is 4.98 Å². The number of hydrogen-bond donors (Lipinski definition) is 0. The molecule has 9 rings (SSSR count). The normalized spacial score (nSPS) is 11.5. The maximum absolute atomic E-state index is 6.57. The summed E-state index contributed by atoms with van der Waals surface area (Å²) in [7, 11) is 0. The molecule has 0 saturated carbocycles. The van der Waals surface area contributed by atoms with Gasteiger partial charge in [0.2, 0.25) is 0 Å². The molecule has 0 atom stereocenters. The molecule has 216 valence electrons. The zero-order chi connectivity index (χ0) is 30.5. The van der Waals surface area contributed by atoms with E-state index in [9.17, 15) is 0 Å². The van der Waals surface area contributed by atoms with Crippen LogP contribution in [0.4, 0.5) is 17.1 Å². The van der Waals surface area contributed by atoms with Crippen LogP contribution >= 0.6 is 0 Å². The number of fused-ring (bicyclic) bond motifs is 6. The second-order valence-electron chi connectivity index (χ2n) is 11.6. The molecule has 2 heterocycles. The fourth-order valence-electron chi connectivity index (χ4n) is 6.68. The standard InChI is InChI=1S/C43H28N2O/c1-2-11-29(12-3-1)32-16-8-18-34(25-32)45(35-19-9-17-33(26-35)38-22-10-15-30-13-4-6-20-37(30)38)36-27-41-42(44-28-36)40-24-23-31-14-5-7-21-39(31)43(40)46-41/h1-28H. The van der Waals surface area contributed by atoms with Crippen LogP contribution in [0.3, 0.4) is 0 Å². The molecule has 0 N–H and O–H groups in total. The van der Waals surface area contributed by atoms with E-state index in [1.54, 1.807) is 0 Å². The Morgan fingerprint density at radius 2 is 1.07 bits per heavy atom. The van der Waals surface area contributed by atoms with Gasteiger partial charge in [0, 0.05) is 28.2 Å². The second-order valence-corrected chi connectivity index (χ2v) is 11.6. The summed E-state index contributed by atoms with van der Waals surface area (Å²) in [6.45, 7) is 0. The van der Waals surface area contributed by atoms with Gasteiger partial charge in [0.25, 0.3) is 0 Å². The van der Waals surface area contributed by atoms with Crippen molar-refractivity contribution in [2.75, 3.05) is 4.90 Å². The quantitative estimate of drug-likeness (QED) is 0.200. The third-order valence-electron chi connectivity index (χ3n) is 8.86. The van der Waals surface area contributed by atoms with Gasteiger partial charge in [0.15, 0.2) is 5.58 Å². The minimum Gasteiger partial charge on any atom is -0.454 e. The summed E-state index contributed by atoms with van der Waals surface area (Å²) >= 11 is 0. The Morgan fingerprint density at radius 1 is 0.435 bits per heavy atom. The van der Waals surface area contributed by atoms with E-state index in [1.165, 1.54) is 21.9 Å². The van der Waals surface area contributed by atoms with E-state index >= 15 is 0 Å². The molecule has 0 aliphatic rings. The first kappa shape index (κ1) is 26.2. The highest BCUT2D eigenvalue weighted by Crippen LogP contribution is 2.41. The summed E-state index contributed by atoms with van der Waals surface area (Å²) in [4.78, 5) is 7.29. The molecular formula is C43H28N2O. The van der Waals surface area contributed by atoms with Gasteiger partial charge in [-0.05, 0) is 68.7 Å². The largest absolute Gasteiger partial charge is 0.454 e. The number of anilines is 3. The van der Waals surface area contributed by atoms with Crippen molar-refractivity contribution in [3.8, 4) is 22.3 Å². The van der Waals surface area contributed by atoms with Crippen molar-refractivity contribution in [3.05, 3.63) is 170 Å². The maximum atomic E-state index is 6.57. The smallest absolute Gasteiger partial charge is 0.155 e. The lowest BCUT2D eigenvalue weighted by atomic mass is 9.97. The van der Waals surface area contributed by atoms with Crippen molar-refractivity contribution >= 4 is 60.7 Å². The molecule has 0 bridgehead atoms. The van der Waals surface area contributed by atoms with E-state index in [4.69, 9.17) is 9.40 Å². The predicted molar refractivity (Wildman–Crippen MR) is 192 cm³/mol. The number of nitrogens with zero attached hydrogens (tertiary/aromatic N) is 2. The fourth-order valence-corrected chi connectivity index (χ4v) is 6.68. The highest BCUT2D eigenvalue weighted by Gasteiger charge is 2.19. The summed E-state index contributed by atoms with van der Waals surface area (Å²) in [5.74, 6) is 0. The molecule has 46 heavy (non-hydrogen) atoms. The van der Waals surface area contributed by atoms with E-state index in [1.807, 2.05) is 6.20 Å². The minimum absolute atomic E-state index is 0.762. The zero-order valence-electron chi connectivity index (χ0n) is 25.0. The lowest BCUT2D eigenvalue weighted by Gasteiger charge is -2.26. The van der Waals surface area contributed by atoms with Crippen LogP contribution in [0.1, 0.15) is 0 Å². The van der Waals surface area contributed by atoms with Gasteiger partial charge in [-0.3, -0.25) is 0 Å². The number of pyridine rings is 1. The van der Waals surface area contributed by atoms with E-state index in [0.717, 1.165) is 61.0 Å². The van der Waals surface area contributed by atoms with Crippen LogP contribution in [0.15, 0.2) is 174 Å². The summed E-state index contributed by atoms with van der Waals surface area (Å²) in [6.07, 6.45) is 1.96. The third kappa shape index (κ3) is 4.41. The average molecular weight is 589 g/mol. The van der Waals surface area contributed by atoms with Crippen molar-refractivity contribution in [3.63, 3.8) is 0 Å². The van der Waals surface area contributed by atoms with Crippen LogP contribution in [0.5, 0.6) is 0 Å². The Balaban J connectivity index is 1.25. The minimum atomic E-state index is 0.762. The van der Waals surface area contributed by atoms with Crippen molar-refractivity contribution in [1.29, 1.82) is 0 Å². The van der Waals surface area contributed by atoms with Crippen LogP contribution < -0.4 is 4.90 Å². The van der Waals surface area contributed by atoms with Crippen LogP contribution in [0, 0.1) is 0 Å². The molecule has 3 heteroatoms. The first-order valence-corrected chi connectivity index (χ1v) is 15.5. The van der Waals surface area contributed by atoms with Crippen LogP contribution in [-0.2, 0) is 0 Å². The average Bonchev–Trinajstić information content (AvgIpc) is 3.51. The monoisotopic (exact) mass is 588 g/mol. The van der Waals surface area contributed by atoms with E-state index in [2.05, 4.69) is 169 Å². The predicted octanol–water partition coefficient (Wildman–Crippen LogP) is 12.1. The molecule has 0 radical (unpaired) electrons. The number of rotatable bonds is 5. The Hall–Kier alpha value is -6.19. The maximum Gasteiger partial charge on any atom is 0.155 e. The topological polar surface area (TPSA) is 29.3 Å². The van der Waals surface area contributed by atoms with E-state index in [0.29, 0.717) is 0 Å². The van der Waals surface area contributed by atoms with Gasteiger partial charge in [-0.2, -0.15) is 0 Å². The molecule has 0 aliphatic heterocycles. The van der Waals surface area contributed by atoms with Gasteiger partial charge < -0.3 is 9.32 Å². The van der Waals surface area contributed by atoms with Crippen LogP contribution in [0.25, 0.3) is 65.9 Å². The summed E-state index contributed by atoms with van der Waals surface area (Å²) in [6, 6.07) is 57.8. The zero-order valence-corrected chi connectivity index (χ0v) is 25.0. The highest BCUT2D eigenvalue weighted by molar-refractivity contribution is 6.14. The molecular weight excluding hydrogens is 560 g/mol. The van der Waals surface area contributed by atoms with Gasteiger partial charge in [0.1, 0.15) is 11.1 Å². The molecule has 0 saturated heterocycles. The van der Waals surface area contributed by atoms with E-state index < -0.39 is 0 Å². The third-order valence-corrected chi connectivity index (χ3v) is 8.86. The second kappa shape index (κ2) is 10.8. The first-order chi connectivity index (χ1) is 22.8. The van der Waals surface area contributed by atoms with Gasteiger partial charge in [-0.15, -0.1) is 0 Å². The number of aromatic nitrogens is 1. The summed E-state index contributed by atoms with van der Waals surface area (Å²) in [5, 5.41) is 5.73. The molecule has 9 aromatic rings. The Labute approximate surface area is 266 Å². The van der Waals surface area contributed by atoms with Gasteiger partial charge in [0.05, 0.1) is 11.9 Å². The summed E-state index contributed by atoms with van der Waals surface area (Å²) < 4.78 is 6.57. The fraction of sp³-hybridized carbons (Fsp3) is 0. The molecule has 7 aromatic carbocycles. The summed E-state index contributed by atoms with van der Waals surface area (Å²) in [5.41, 5.74) is 10.2. The van der Waals surface area contributed by atoms with Crippen molar-refractivity contribution < 1.29 is 4.42 Å². The van der Waals surface area contributed by atoms with Crippen molar-refractivity contribution in [2.45, 2.75) is 0 Å². The molecule has 0 amide bonds. The Kier molecular flexibility index (Phi) is 6.14. The Morgan fingerprint density at radius 3 is 1.89 bits per heavy atom. The van der Waals surface area contributed by atoms with Gasteiger partial charge in [-0.1, -0.05) is 127 Å². The molecule has 2 aromatic heterocycles. The van der Waals surface area contributed by atoms with Crippen LogP contribution in [-0.4, -0.2) is 4.98 Å². The molecule has 3 nitrogen and oxygen atoms in total. The molecule has 0 aliphatic carbocycles. The number of furan rings is 1. The SMILES string of the molecule is c1ccc(-c2cccc(N(c3cccc(-c4cccc5ccccc45)c3)c3cnc4c(c3)oc3c5ccccc5ccc43)c2)cc1.